The molecule has 0 aliphatic rings. The lowest BCUT2D eigenvalue weighted by Gasteiger charge is -2.06. The van der Waals surface area contributed by atoms with Crippen molar-refractivity contribution in [2.45, 2.75) is 6.54 Å². The number of halogens is 1. The van der Waals surface area contributed by atoms with Crippen LogP contribution < -0.4 is 5.32 Å². The molecule has 0 saturated carbocycles. The summed E-state index contributed by atoms with van der Waals surface area (Å²) in [7, 11) is 0. The number of carboxylic acid groups (broad SMARTS) is 1. The van der Waals surface area contributed by atoms with E-state index in [-0.39, 0.29) is 12.4 Å². The number of rotatable bonds is 5. The van der Waals surface area contributed by atoms with E-state index < -0.39 is 5.97 Å². The van der Waals surface area contributed by atoms with Gasteiger partial charge in [0.05, 0.1) is 6.54 Å². The van der Waals surface area contributed by atoms with Crippen molar-refractivity contribution in [3.05, 3.63) is 59.9 Å². The van der Waals surface area contributed by atoms with Crippen LogP contribution in [0.4, 0.5) is 4.39 Å². The van der Waals surface area contributed by atoms with Crippen LogP contribution in [0.1, 0.15) is 5.56 Å². The van der Waals surface area contributed by atoms with Gasteiger partial charge in [0.25, 0.3) is 0 Å². The normalized spacial score (nSPS) is 10.4. The van der Waals surface area contributed by atoms with Gasteiger partial charge < -0.3 is 10.4 Å². The summed E-state index contributed by atoms with van der Waals surface area (Å²) in [5.41, 5.74) is 2.90. The Morgan fingerprint density at radius 2 is 1.84 bits per heavy atom. The van der Waals surface area contributed by atoms with E-state index in [2.05, 4.69) is 5.32 Å². The molecule has 0 aliphatic carbocycles. The second kappa shape index (κ2) is 6.11. The molecule has 2 aromatic carbocycles. The van der Waals surface area contributed by atoms with Gasteiger partial charge in [-0.2, -0.15) is 0 Å². The summed E-state index contributed by atoms with van der Waals surface area (Å²) >= 11 is 0. The minimum Gasteiger partial charge on any atom is -0.480 e. The fraction of sp³-hybridized carbons (Fsp3) is 0.133. The van der Waals surface area contributed by atoms with Crippen LogP contribution in [0.5, 0.6) is 0 Å². The van der Waals surface area contributed by atoms with Crippen molar-refractivity contribution in [2.75, 3.05) is 6.54 Å². The molecule has 98 valence electrons. The van der Waals surface area contributed by atoms with Crippen molar-refractivity contribution in [3.8, 4) is 11.1 Å². The molecule has 0 heterocycles. The average Bonchev–Trinajstić information content (AvgIpc) is 2.39. The first-order chi connectivity index (χ1) is 9.15. The Kier molecular flexibility index (Phi) is 4.26. The van der Waals surface area contributed by atoms with Crippen molar-refractivity contribution in [1.29, 1.82) is 0 Å². The van der Waals surface area contributed by atoms with Gasteiger partial charge in [0.2, 0.25) is 0 Å². The molecular formula is C15H14FNO2. The molecule has 0 radical (unpaired) electrons. The maximum Gasteiger partial charge on any atom is 0.317 e. The van der Waals surface area contributed by atoms with E-state index in [0.717, 1.165) is 16.7 Å². The van der Waals surface area contributed by atoms with E-state index in [0.29, 0.717) is 6.54 Å². The Morgan fingerprint density at radius 1 is 1.11 bits per heavy atom. The van der Waals surface area contributed by atoms with Gasteiger partial charge in [-0.15, -0.1) is 0 Å². The number of carboxylic acids is 1. The van der Waals surface area contributed by atoms with Crippen molar-refractivity contribution >= 4 is 5.97 Å². The maximum atomic E-state index is 12.9. The first-order valence-electron chi connectivity index (χ1n) is 5.92. The lowest BCUT2D eigenvalue weighted by atomic mass is 10.0. The van der Waals surface area contributed by atoms with Crippen LogP contribution in [0.25, 0.3) is 11.1 Å². The summed E-state index contributed by atoms with van der Waals surface area (Å²) in [5.74, 6) is -1.14. The molecule has 2 rings (SSSR count). The van der Waals surface area contributed by atoms with Crippen LogP contribution in [0, 0.1) is 5.82 Å². The lowest BCUT2D eigenvalue weighted by molar-refractivity contribution is -0.135. The van der Waals surface area contributed by atoms with E-state index >= 15 is 0 Å². The molecule has 2 aromatic rings. The first-order valence-corrected chi connectivity index (χ1v) is 5.92. The summed E-state index contributed by atoms with van der Waals surface area (Å²) in [6.45, 7) is 0.419. The molecule has 0 aliphatic heterocycles. The summed E-state index contributed by atoms with van der Waals surface area (Å²) < 4.78 is 12.9. The van der Waals surface area contributed by atoms with Crippen LogP contribution in [0.15, 0.2) is 48.5 Å². The molecule has 0 saturated heterocycles. The zero-order valence-electron chi connectivity index (χ0n) is 10.3. The number of nitrogens with one attached hydrogen (secondary N) is 1. The molecule has 0 unspecified atom stereocenters. The van der Waals surface area contributed by atoms with E-state index in [4.69, 9.17) is 5.11 Å². The summed E-state index contributed by atoms with van der Waals surface area (Å²) in [6.07, 6.45) is 0. The predicted octanol–water partition coefficient (Wildman–Crippen LogP) is 2.67. The SMILES string of the molecule is O=C(O)CNCc1cccc(-c2ccc(F)cc2)c1. The number of hydrogen-bond acceptors (Lipinski definition) is 2. The Balaban J connectivity index is 2.10. The molecule has 2 N–H and O–H groups in total. The highest BCUT2D eigenvalue weighted by Crippen LogP contribution is 2.20. The average molecular weight is 259 g/mol. The largest absolute Gasteiger partial charge is 0.480 e. The summed E-state index contributed by atoms with van der Waals surface area (Å²) in [6, 6.07) is 14.0. The molecule has 0 amide bonds. The van der Waals surface area contributed by atoms with E-state index in [9.17, 15) is 9.18 Å². The topological polar surface area (TPSA) is 49.3 Å². The number of aliphatic carboxylic acids is 1. The Hall–Kier alpha value is -2.20. The highest BCUT2D eigenvalue weighted by Gasteiger charge is 2.01. The standard InChI is InChI=1S/C15H14FNO2/c16-14-6-4-12(5-7-14)13-3-1-2-11(8-13)9-17-10-15(18)19/h1-8,17H,9-10H2,(H,18,19). The van der Waals surface area contributed by atoms with Gasteiger partial charge in [0.1, 0.15) is 5.82 Å². The highest BCUT2D eigenvalue weighted by molar-refractivity contribution is 5.69. The smallest absolute Gasteiger partial charge is 0.317 e. The van der Waals surface area contributed by atoms with E-state index in [1.54, 1.807) is 12.1 Å². The molecule has 0 fully saturated rings. The third kappa shape index (κ3) is 3.89. The van der Waals surface area contributed by atoms with Gasteiger partial charge in [-0.3, -0.25) is 4.79 Å². The third-order valence-electron chi connectivity index (χ3n) is 2.71. The molecule has 0 aromatic heterocycles. The number of hydrogen-bond donors (Lipinski definition) is 2. The maximum absolute atomic E-state index is 12.9. The zero-order valence-corrected chi connectivity index (χ0v) is 10.3. The summed E-state index contributed by atoms with van der Waals surface area (Å²) in [5, 5.41) is 11.4. The molecule has 0 bridgehead atoms. The molecule has 3 nitrogen and oxygen atoms in total. The van der Waals surface area contributed by atoms with Crippen molar-refractivity contribution in [3.63, 3.8) is 0 Å². The van der Waals surface area contributed by atoms with Crippen molar-refractivity contribution in [1.82, 2.24) is 5.32 Å². The lowest BCUT2D eigenvalue weighted by Crippen LogP contribution is -2.21. The zero-order chi connectivity index (χ0) is 13.7. The van der Waals surface area contributed by atoms with Crippen LogP contribution in [-0.2, 0) is 11.3 Å². The Morgan fingerprint density at radius 3 is 2.53 bits per heavy atom. The van der Waals surface area contributed by atoms with Gasteiger partial charge >= 0.3 is 5.97 Å². The van der Waals surface area contributed by atoms with Gasteiger partial charge in [-0.1, -0.05) is 30.3 Å². The van der Waals surface area contributed by atoms with Gasteiger partial charge in [-0.25, -0.2) is 4.39 Å². The predicted molar refractivity (Wildman–Crippen MR) is 71.2 cm³/mol. The Labute approximate surface area is 110 Å². The number of benzene rings is 2. The monoisotopic (exact) mass is 259 g/mol. The fourth-order valence-corrected chi connectivity index (χ4v) is 1.82. The van der Waals surface area contributed by atoms with Gasteiger partial charge in [0.15, 0.2) is 0 Å². The first kappa shape index (κ1) is 13.2. The molecule has 0 spiro atoms. The molecular weight excluding hydrogens is 245 g/mol. The summed E-state index contributed by atoms with van der Waals surface area (Å²) in [4.78, 5) is 10.4. The minimum atomic E-state index is -0.880. The minimum absolute atomic E-state index is 0.0687. The van der Waals surface area contributed by atoms with Crippen molar-refractivity contribution < 1.29 is 14.3 Å². The molecule has 4 heteroatoms. The quantitative estimate of drug-likeness (QED) is 0.868. The molecule has 19 heavy (non-hydrogen) atoms. The number of carbonyl (C=O) groups is 1. The van der Waals surface area contributed by atoms with E-state index in [1.165, 1.54) is 12.1 Å². The third-order valence-corrected chi connectivity index (χ3v) is 2.71. The Bertz CT molecular complexity index is 567. The van der Waals surface area contributed by atoms with Crippen LogP contribution in [-0.4, -0.2) is 17.6 Å². The van der Waals surface area contributed by atoms with Gasteiger partial charge in [-0.05, 0) is 34.9 Å². The van der Waals surface area contributed by atoms with Crippen LogP contribution in [0.3, 0.4) is 0 Å². The van der Waals surface area contributed by atoms with Crippen LogP contribution in [0.2, 0.25) is 0 Å². The molecule has 0 atom stereocenters. The second-order valence-corrected chi connectivity index (χ2v) is 4.20. The van der Waals surface area contributed by atoms with E-state index in [1.807, 2.05) is 24.3 Å². The van der Waals surface area contributed by atoms with Gasteiger partial charge in [0, 0.05) is 6.54 Å². The van der Waals surface area contributed by atoms with Crippen molar-refractivity contribution in [2.24, 2.45) is 0 Å². The highest BCUT2D eigenvalue weighted by atomic mass is 19.1. The van der Waals surface area contributed by atoms with Crippen LogP contribution >= 0.6 is 0 Å². The second-order valence-electron chi connectivity index (χ2n) is 4.20. The fourth-order valence-electron chi connectivity index (χ4n) is 1.82.